The van der Waals surface area contributed by atoms with Gasteiger partial charge in [-0.25, -0.2) is 4.79 Å². The van der Waals surface area contributed by atoms with Crippen molar-refractivity contribution < 1.29 is 27.8 Å². The molecule has 0 aliphatic carbocycles. The number of ether oxygens (including phenoxy) is 1. The Bertz CT molecular complexity index is 650. The van der Waals surface area contributed by atoms with Crippen LogP contribution in [0.2, 0.25) is 0 Å². The van der Waals surface area contributed by atoms with Crippen LogP contribution in [-0.2, 0) is 6.18 Å². The monoisotopic (exact) mass is 286 g/mol. The number of aromatic nitrogens is 2. The van der Waals surface area contributed by atoms with E-state index >= 15 is 0 Å². The molecule has 0 fully saturated rings. The Morgan fingerprint density at radius 2 is 2.00 bits per heavy atom. The van der Waals surface area contributed by atoms with E-state index in [0.717, 1.165) is 18.2 Å². The van der Waals surface area contributed by atoms with Crippen LogP contribution in [0.5, 0.6) is 5.75 Å². The van der Waals surface area contributed by atoms with E-state index in [2.05, 4.69) is 10.2 Å². The molecule has 1 aromatic heterocycles. The molecule has 1 heterocycles. The third-order valence-electron chi connectivity index (χ3n) is 2.57. The number of hydrogen-bond acceptors (Lipinski definition) is 3. The minimum atomic E-state index is -4.53. The number of nitrogens with one attached hydrogen (secondary N) is 1. The molecule has 0 radical (unpaired) electrons. The number of aromatic carboxylic acids is 1. The molecule has 0 amide bonds. The Balaban J connectivity index is 2.52. The van der Waals surface area contributed by atoms with Crippen molar-refractivity contribution in [3.05, 3.63) is 35.5 Å². The highest BCUT2D eigenvalue weighted by Crippen LogP contribution is 2.35. The van der Waals surface area contributed by atoms with Gasteiger partial charge in [-0.3, -0.25) is 5.10 Å². The summed E-state index contributed by atoms with van der Waals surface area (Å²) in [5.74, 6) is -1.24. The second-order valence-corrected chi connectivity index (χ2v) is 3.92. The van der Waals surface area contributed by atoms with Gasteiger partial charge in [0, 0.05) is 5.56 Å². The van der Waals surface area contributed by atoms with Crippen LogP contribution >= 0.6 is 0 Å². The van der Waals surface area contributed by atoms with Gasteiger partial charge in [-0.2, -0.15) is 18.3 Å². The lowest BCUT2D eigenvalue weighted by atomic mass is 10.1. The van der Waals surface area contributed by atoms with Crippen LogP contribution in [0.3, 0.4) is 0 Å². The summed E-state index contributed by atoms with van der Waals surface area (Å²) in [5.41, 5.74) is -0.907. The van der Waals surface area contributed by atoms with Crippen molar-refractivity contribution in [3.8, 4) is 17.0 Å². The van der Waals surface area contributed by atoms with E-state index < -0.39 is 17.7 Å². The van der Waals surface area contributed by atoms with Gasteiger partial charge in [0.15, 0.2) is 0 Å². The predicted octanol–water partition coefficient (Wildman–Crippen LogP) is 2.80. The number of carbonyl (C=O) groups is 1. The van der Waals surface area contributed by atoms with Gasteiger partial charge in [0.2, 0.25) is 0 Å². The Morgan fingerprint density at radius 1 is 1.30 bits per heavy atom. The van der Waals surface area contributed by atoms with Crippen molar-refractivity contribution in [3.63, 3.8) is 0 Å². The lowest BCUT2D eigenvalue weighted by Gasteiger charge is -2.10. The minimum Gasteiger partial charge on any atom is -0.497 e. The number of carboxylic acid groups (broad SMARTS) is 1. The number of carboxylic acids is 1. The summed E-state index contributed by atoms with van der Waals surface area (Å²) in [4.78, 5) is 10.7. The molecular weight excluding hydrogens is 277 g/mol. The third-order valence-corrected chi connectivity index (χ3v) is 2.57. The highest BCUT2D eigenvalue weighted by Gasteiger charge is 2.31. The first kappa shape index (κ1) is 13.9. The van der Waals surface area contributed by atoms with Gasteiger partial charge in [-0.1, -0.05) is 0 Å². The number of halogens is 3. The van der Waals surface area contributed by atoms with E-state index in [0.29, 0.717) is 0 Å². The second-order valence-electron chi connectivity index (χ2n) is 3.92. The van der Waals surface area contributed by atoms with Crippen molar-refractivity contribution in [1.82, 2.24) is 10.2 Å². The van der Waals surface area contributed by atoms with Crippen molar-refractivity contribution in [1.29, 1.82) is 0 Å². The first-order chi connectivity index (χ1) is 9.31. The molecule has 2 aromatic rings. The SMILES string of the molecule is COc1cc(-c2cc(C(=O)O)[nH]n2)cc(C(F)(F)F)c1. The highest BCUT2D eigenvalue weighted by molar-refractivity contribution is 5.86. The van der Waals surface area contributed by atoms with E-state index in [1.165, 1.54) is 13.2 Å². The summed E-state index contributed by atoms with van der Waals surface area (Å²) in [5, 5.41) is 14.7. The van der Waals surface area contributed by atoms with E-state index in [1.807, 2.05) is 0 Å². The van der Waals surface area contributed by atoms with Gasteiger partial charge in [0.1, 0.15) is 11.4 Å². The molecular formula is C12H9F3N2O3. The molecule has 0 spiro atoms. The maximum Gasteiger partial charge on any atom is 0.416 e. The zero-order valence-corrected chi connectivity index (χ0v) is 10.2. The lowest BCUT2D eigenvalue weighted by molar-refractivity contribution is -0.137. The van der Waals surface area contributed by atoms with Crippen molar-refractivity contribution in [2.45, 2.75) is 6.18 Å². The van der Waals surface area contributed by atoms with Gasteiger partial charge < -0.3 is 9.84 Å². The largest absolute Gasteiger partial charge is 0.497 e. The summed E-state index contributed by atoms with van der Waals surface area (Å²) in [6.07, 6.45) is -4.53. The average Bonchev–Trinajstić information content (AvgIpc) is 2.87. The summed E-state index contributed by atoms with van der Waals surface area (Å²) < 4.78 is 43.1. The van der Waals surface area contributed by atoms with Gasteiger partial charge in [0.05, 0.1) is 18.4 Å². The summed E-state index contributed by atoms with van der Waals surface area (Å²) in [7, 11) is 1.24. The Kier molecular flexibility index (Phi) is 3.39. The number of hydrogen-bond donors (Lipinski definition) is 2. The standard InChI is InChI=1S/C12H9F3N2O3/c1-20-8-3-6(2-7(4-8)12(13,14)15)9-5-10(11(18)19)17-16-9/h2-5H,1H3,(H,16,17)(H,18,19). The van der Waals surface area contributed by atoms with Crippen LogP contribution in [0.4, 0.5) is 13.2 Å². The summed E-state index contributed by atoms with van der Waals surface area (Å²) in [6.45, 7) is 0. The second kappa shape index (κ2) is 4.87. The number of nitrogens with zero attached hydrogens (tertiary/aromatic N) is 1. The van der Waals surface area contributed by atoms with Crippen LogP contribution in [-0.4, -0.2) is 28.4 Å². The van der Waals surface area contributed by atoms with Crippen LogP contribution in [0.15, 0.2) is 24.3 Å². The zero-order valence-electron chi connectivity index (χ0n) is 10.2. The molecule has 5 nitrogen and oxygen atoms in total. The molecule has 0 bridgehead atoms. The molecule has 8 heteroatoms. The highest BCUT2D eigenvalue weighted by atomic mass is 19.4. The molecule has 0 saturated heterocycles. The quantitative estimate of drug-likeness (QED) is 0.909. The Labute approximate surface area is 111 Å². The van der Waals surface area contributed by atoms with E-state index in [1.54, 1.807) is 0 Å². The van der Waals surface area contributed by atoms with E-state index in [-0.39, 0.29) is 22.7 Å². The van der Waals surface area contributed by atoms with Crippen molar-refractivity contribution in [2.24, 2.45) is 0 Å². The lowest BCUT2D eigenvalue weighted by Crippen LogP contribution is -2.05. The van der Waals surface area contributed by atoms with Crippen molar-refractivity contribution in [2.75, 3.05) is 7.11 Å². The van der Waals surface area contributed by atoms with Crippen molar-refractivity contribution >= 4 is 5.97 Å². The summed E-state index contributed by atoms with van der Waals surface area (Å²) >= 11 is 0. The van der Waals surface area contributed by atoms with Crippen LogP contribution < -0.4 is 4.74 Å². The normalized spacial score (nSPS) is 11.4. The minimum absolute atomic E-state index is 0.00898. The molecule has 0 aliphatic heterocycles. The predicted molar refractivity (Wildman–Crippen MR) is 62.5 cm³/mol. The van der Waals surface area contributed by atoms with Gasteiger partial charge in [-0.15, -0.1) is 0 Å². The fourth-order valence-electron chi connectivity index (χ4n) is 1.61. The number of H-pyrrole nitrogens is 1. The first-order valence-electron chi connectivity index (χ1n) is 5.36. The average molecular weight is 286 g/mol. The number of alkyl halides is 3. The van der Waals surface area contributed by atoms with E-state index in [4.69, 9.17) is 9.84 Å². The zero-order chi connectivity index (χ0) is 14.9. The fourth-order valence-corrected chi connectivity index (χ4v) is 1.61. The Hall–Kier alpha value is -2.51. The smallest absolute Gasteiger partial charge is 0.416 e. The van der Waals surface area contributed by atoms with Crippen LogP contribution in [0.1, 0.15) is 16.1 Å². The fraction of sp³-hybridized carbons (Fsp3) is 0.167. The maximum atomic E-state index is 12.8. The molecule has 0 aliphatic rings. The maximum absolute atomic E-state index is 12.8. The molecule has 2 rings (SSSR count). The molecule has 106 valence electrons. The van der Waals surface area contributed by atoms with Gasteiger partial charge >= 0.3 is 12.1 Å². The molecule has 0 saturated carbocycles. The number of methoxy groups -OCH3 is 1. The van der Waals surface area contributed by atoms with E-state index in [9.17, 15) is 18.0 Å². The summed E-state index contributed by atoms with van der Waals surface area (Å²) in [6, 6.07) is 4.23. The van der Waals surface area contributed by atoms with Crippen LogP contribution in [0.25, 0.3) is 11.3 Å². The van der Waals surface area contributed by atoms with Gasteiger partial charge in [-0.05, 0) is 24.3 Å². The number of aromatic amines is 1. The molecule has 20 heavy (non-hydrogen) atoms. The third kappa shape index (κ3) is 2.73. The van der Waals surface area contributed by atoms with Crippen LogP contribution in [0, 0.1) is 0 Å². The molecule has 1 aromatic carbocycles. The molecule has 2 N–H and O–H groups in total. The Morgan fingerprint density at radius 3 is 2.50 bits per heavy atom. The topological polar surface area (TPSA) is 75.2 Å². The molecule has 0 atom stereocenters. The van der Waals surface area contributed by atoms with Gasteiger partial charge in [0.25, 0.3) is 0 Å². The number of benzene rings is 1. The molecule has 0 unspecified atom stereocenters. The first-order valence-corrected chi connectivity index (χ1v) is 5.36. The number of rotatable bonds is 3.